The van der Waals surface area contributed by atoms with Crippen molar-refractivity contribution in [3.8, 4) is 5.75 Å². The first-order valence-corrected chi connectivity index (χ1v) is 8.12. The lowest BCUT2D eigenvalue weighted by molar-refractivity contribution is 0.106. The highest BCUT2D eigenvalue weighted by molar-refractivity contribution is 9.10. The van der Waals surface area contributed by atoms with Gasteiger partial charge in [0.25, 0.3) is 0 Å². The molecule has 108 valence electrons. The third kappa shape index (κ3) is 4.90. The van der Waals surface area contributed by atoms with E-state index in [1.807, 2.05) is 42.6 Å². The van der Waals surface area contributed by atoms with E-state index in [2.05, 4.69) is 21.2 Å². The second kappa shape index (κ2) is 7.78. The van der Waals surface area contributed by atoms with Gasteiger partial charge in [0.1, 0.15) is 18.5 Å². The molecule has 1 aromatic carbocycles. The first-order chi connectivity index (χ1) is 9.65. The number of hydrogen-bond acceptors (Lipinski definition) is 4. The van der Waals surface area contributed by atoms with Crippen molar-refractivity contribution in [1.82, 2.24) is 5.32 Å². The number of rotatable bonds is 7. The molecule has 0 radical (unpaired) electrons. The van der Waals surface area contributed by atoms with Gasteiger partial charge in [-0.3, -0.25) is 0 Å². The van der Waals surface area contributed by atoms with Crippen LogP contribution in [0.2, 0.25) is 0 Å². The predicted octanol–water partition coefficient (Wildman–Crippen LogP) is 3.35. The standard InChI is InChI=1S/C15H18BrNO2S/c1-11-2-4-13(5-3-11)19-10-12(18)8-17-9-15-14(16)6-7-20-15/h2-7,12,17-18H,8-10H2,1H3. The predicted molar refractivity (Wildman–Crippen MR) is 86.4 cm³/mol. The molecule has 0 fully saturated rings. The summed E-state index contributed by atoms with van der Waals surface area (Å²) in [6.07, 6.45) is -0.518. The maximum atomic E-state index is 9.87. The van der Waals surface area contributed by atoms with Crippen molar-refractivity contribution >= 4 is 27.3 Å². The van der Waals surface area contributed by atoms with E-state index in [9.17, 15) is 5.11 Å². The Hall–Kier alpha value is -0.880. The molecule has 1 unspecified atom stereocenters. The number of thiophene rings is 1. The zero-order valence-corrected chi connectivity index (χ0v) is 13.7. The molecule has 1 heterocycles. The summed E-state index contributed by atoms with van der Waals surface area (Å²) in [5.74, 6) is 0.788. The van der Waals surface area contributed by atoms with E-state index in [0.717, 1.165) is 16.8 Å². The Morgan fingerprint density at radius 1 is 1.30 bits per heavy atom. The van der Waals surface area contributed by atoms with Crippen LogP contribution < -0.4 is 10.1 Å². The van der Waals surface area contributed by atoms with Gasteiger partial charge in [0, 0.05) is 22.4 Å². The van der Waals surface area contributed by atoms with Gasteiger partial charge < -0.3 is 15.2 Å². The molecule has 2 N–H and O–H groups in total. The monoisotopic (exact) mass is 355 g/mol. The number of benzene rings is 1. The maximum Gasteiger partial charge on any atom is 0.119 e. The number of halogens is 1. The maximum absolute atomic E-state index is 9.87. The summed E-state index contributed by atoms with van der Waals surface area (Å²) in [5.41, 5.74) is 1.20. The van der Waals surface area contributed by atoms with Crippen LogP contribution in [0, 0.1) is 6.92 Å². The van der Waals surface area contributed by atoms with E-state index in [0.29, 0.717) is 13.2 Å². The Morgan fingerprint density at radius 3 is 2.70 bits per heavy atom. The van der Waals surface area contributed by atoms with Crippen molar-refractivity contribution in [2.75, 3.05) is 13.2 Å². The van der Waals surface area contributed by atoms with E-state index in [1.54, 1.807) is 11.3 Å². The number of ether oxygens (including phenoxy) is 1. The van der Waals surface area contributed by atoms with Crippen LogP contribution in [-0.2, 0) is 6.54 Å². The van der Waals surface area contributed by atoms with Crippen molar-refractivity contribution < 1.29 is 9.84 Å². The number of aliphatic hydroxyl groups is 1. The van der Waals surface area contributed by atoms with Crippen molar-refractivity contribution in [3.63, 3.8) is 0 Å². The van der Waals surface area contributed by atoms with Gasteiger partial charge in [-0.15, -0.1) is 11.3 Å². The summed E-state index contributed by atoms with van der Waals surface area (Å²) >= 11 is 5.17. The fourth-order valence-electron chi connectivity index (χ4n) is 1.69. The summed E-state index contributed by atoms with van der Waals surface area (Å²) in [7, 11) is 0. The van der Waals surface area contributed by atoms with E-state index in [-0.39, 0.29) is 0 Å². The lowest BCUT2D eigenvalue weighted by Gasteiger charge is -2.13. The fourth-order valence-corrected chi connectivity index (χ4v) is 3.15. The van der Waals surface area contributed by atoms with Gasteiger partial charge in [-0.05, 0) is 46.4 Å². The van der Waals surface area contributed by atoms with E-state index in [4.69, 9.17) is 4.74 Å². The summed E-state index contributed by atoms with van der Waals surface area (Å²) in [4.78, 5) is 1.23. The zero-order valence-electron chi connectivity index (χ0n) is 11.3. The minimum atomic E-state index is -0.518. The lowest BCUT2D eigenvalue weighted by Crippen LogP contribution is -2.31. The number of aryl methyl sites for hydroxylation is 1. The van der Waals surface area contributed by atoms with E-state index >= 15 is 0 Å². The van der Waals surface area contributed by atoms with Gasteiger partial charge in [-0.25, -0.2) is 0 Å². The van der Waals surface area contributed by atoms with Crippen LogP contribution in [0.1, 0.15) is 10.4 Å². The van der Waals surface area contributed by atoms with Gasteiger partial charge in [-0.1, -0.05) is 17.7 Å². The Morgan fingerprint density at radius 2 is 2.05 bits per heavy atom. The summed E-state index contributed by atoms with van der Waals surface area (Å²) in [6.45, 7) is 3.59. The van der Waals surface area contributed by atoms with Crippen LogP contribution in [-0.4, -0.2) is 24.4 Å². The molecule has 0 spiro atoms. The summed E-state index contributed by atoms with van der Waals surface area (Å²) in [6, 6.07) is 9.84. The molecular formula is C15H18BrNO2S. The van der Waals surface area contributed by atoms with Gasteiger partial charge in [0.05, 0.1) is 0 Å². The lowest BCUT2D eigenvalue weighted by atomic mass is 10.2. The molecule has 3 nitrogen and oxygen atoms in total. The molecule has 0 aliphatic heterocycles. The fraction of sp³-hybridized carbons (Fsp3) is 0.333. The normalized spacial score (nSPS) is 12.3. The number of nitrogens with one attached hydrogen (secondary N) is 1. The minimum absolute atomic E-state index is 0.293. The van der Waals surface area contributed by atoms with Crippen molar-refractivity contribution in [1.29, 1.82) is 0 Å². The Labute approximate surface area is 131 Å². The molecule has 0 saturated carbocycles. The molecular weight excluding hydrogens is 338 g/mol. The molecule has 0 amide bonds. The largest absolute Gasteiger partial charge is 0.491 e. The second-order valence-corrected chi connectivity index (χ2v) is 6.46. The average molecular weight is 356 g/mol. The number of hydrogen-bond donors (Lipinski definition) is 2. The summed E-state index contributed by atoms with van der Waals surface area (Å²) < 4.78 is 6.65. The molecule has 1 atom stereocenters. The molecule has 0 saturated heterocycles. The highest BCUT2D eigenvalue weighted by Crippen LogP contribution is 2.22. The Balaban J connectivity index is 1.66. The quantitative estimate of drug-likeness (QED) is 0.800. The molecule has 20 heavy (non-hydrogen) atoms. The number of aliphatic hydroxyl groups excluding tert-OH is 1. The smallest absolute Gasteiger partial charge is 0.119 e. The molecule has 1 aromatic heterocycles. The van der Waals surface area contributed by atoms with E-state index in [1.165, 1.54) is 10.4 Å². The molecule has 2 rings (SSSR count). The van der Waals surface area contributed by atoms with Crippen LogP contribution in [0.3, 0.4) is 0 Å². The van der Waals surface area contributed by atoms with Crippen LogP contribution in [0.4, 0.5) is 0 Å². The topological polar surface area (TPSA) is 41.5 Å². The van der Waals surface area contributed by atoms with Crippen molar-refractivity contribution in [2.45, 2.75) is 19.6 Å². The average Bonchev–Trinajstić information content (AvgIpc) is 2.84. The van der Waals surface area contributed by atoms with Crippen LogP contribution >= 0.6 is 27.3 Å². The Bertz CT molecular complexity index is 527. The molecule has 0 aliphatic rings. The molecule has 0 aliphatic carbocycles. The van der Waals surface area contributed by atoms with Gasteiger partial charge >= 0.3 is 0 Å². The SMILES string of the molecule is Cc1ccc(OCC(O)CNCc2sccc2Br)cc1. The highest BCUT2D eigenvalue weighted by atomic mass is 79.9. The molecule has 2 aromatic rings. The van der Waals surface area contributed by atoms with Gasteiger partial charge in [0.2, 0.25) is 0 Å². The van der Waals surface area contributed by atoms with Crippen molar-refractivity contribution in [2.24, 2.45) is 0 Å². The minimum Gasteiger partial charge on any atom is -0.491 e. The second-order valence-electron chi connectivity index (χ2n) is 4.60. The van der Waals surface area contributed by atoms with Crippen molar-refractivity contribution in [3.05, 3.63) is 50.6 Å². The van der Waals surface area contributed by atoms with Crippen LogP contribution in [0.25, 0.3) is 0 Å². The van der Waals surface area contributed by atoms with Crippen LogP contribution in [0.15, 0.2) is 40.2 Å². The first kappa shape index (κ1) is 15.5. The van der Waals surface area contributed by atoms with Gasteiger partial charge in [-0.2, -0.15) is 0 Å². The first-order valence-electron chi connectivity index (χ1n) is 6.45. The third-order valence-corrected chi connectivity index (χ3v) is 4.75. The Kier molecular flexibility index (Phi) is 6.04. The van der Waals surface area contributed by atoms with E-state index < -0.39 is 6.10 Å². The van der Waals surface area contributed by atoms with Gasteiger partial charge in [0.15, 0.2) is 0 Å². The highest BCUT2D eigenvalue weighted by Gasteiger charge is 2.06. The van der Waals surface area contributed by atoms with Crippen LogP contribution in [0.5, 0.6) is 5.75 Å². The molecule has 0 bridgehead atoms. The zero-order chi connectivity index (χ0) is 14.4. The third-order valence-electron chi connectivity index (χ3n) is 2.82. The summed E-state index contributed by atoms with van der Waals surface area (Å²) in [5, 5.41) is 15.1. The molecule has 5 heteroatoms.